The molecule has 0 radical (unpaired) electrons. The Morgan fingerprint density at radius 3 is 3.00 bits per heavy atom. The number of carbonyl (C=O) groups is 2. The van der Waals surface area contributed by atoms with Crippen molar-refractivity contribution in [3.63, 3.8) is 0 Å². The summed E-state index contributed by atoms with van der Waals surface area (Å²) in [6.07, 6.45) is 4.65. The summed E-state index contributed by atoms with van der Waals surface area (Å²) in [5.41, 5.74) is 1.77. The lowest BCUT2D eigenvalue weighted by Crippen LogP contribution is -2.34. The number of rotatable bonds is 7. The number of anilines is 1. The van der Waals surface area contributed by atoms with E-state index in [1.807, 2.05) is 42.1 Å². The molecule has 138 valence electrons. The van der Waals surface area contributed by atoms with Crippen LogP contribution < -0.4 is 15.0 Å². The Labute approximate surface area is 152 Å². The highest BCUT2D eigenvalue weighted by Gasteiger charge is 2.36. The zero-order chi connectivity index (χ0) is 18.5. The number of nitrogens with one attached hydrogen (secondary N) is 1. The Kier molecular flexibility index (Phi) is 5.55. The number of carbonyl (C=O) groups excluding carboxylic acids is 2. The van der Waals surface area contributed by atoms with Crippen LogP contribution in [0.3, 0.4) is 0 Å². The van der Waals surface area contributed by atoms with E-state index in [4.69, 9.17) is 4.74 Å². The van der Waals surface area contributed by atoms with Gasteiger partial charge in [0.1, 0.15) is 5.75 Å². The van der Waals surface area contributed by atoms with Crippen LogP contribution in [-0.4, -0.2) is 41.8 Å². The van der Waals surface area contributed by atoms with Crippen LogP contribution in [0.25, 0.3) is 0 Å². The van der Waals surface area contributed by atoms with Crippen molar-refractivity contribution in [1.29, 1.82) is 0 Å². The summed E-state index contributed by atoms with van der Waals surface area (Å²) in [7, 11) is 1.58. The van der Waals surface area contributed by atoms with E-state index in [1.54, 1.807) is 18.2 Å². The third-order valence-electron chi connectivity index (χ3n) is 4.54. The van der Waals surface area contributed by atoms with Gasteiger partial charge in [0, 0.05) is 38.4 Å². The summed E-state index contributed by atoms with van der Waals surface area (Å²) < 4.78 is 7.20. The highest BCUT2D eigenvalue weighted by molar-refractivity contribution is 6.01. The fourth-order valence-corrected chi connectivity index (χ4v) is 3.16. The molecule has 2 aromatic rings. The molecule has 1 saturated heterocycles. The van der Waals surface area contributed by atoms with Crippen LogP contribution in [0.1, 0.15) is 18.4 Å². The molecule has 7 nitrogen and oxygen atoms in total. The SMILES string of the molecule is COc1ccc(C)cc1N1CC(C(=O)NCCCn2cccn2)CC1=O. The molecule has 1 aliphatic rings. The maximum Gasteiger partial charge on any atom is 0.227 e. The summed E-state index contributed by atoms with van der Waals surface area (Å²) in [5, 5.41) is 7.06. The van der Waals surface area contributed by atoms with Crippen LogP contribution in [0.2, 0.25) is 0 Å². The van der Waals surface area contributed by atoms with E-state index in [-0.39, 0.29) is 24.2 Å². The number of aryl methyl sites for hydroxylation is 2. The van der Waals surface area contributed by atoms with Gasteiger partial charge in [-0.2, -0.15) is 5.10 Å². The van der Waals surface area contributed by atoms with Gasteiger partial charge in [-0.05, 0) is 37.1 Å². The van der Waals surface area contributed by atoms with Crippen molar-refractivity contribution >= 4 is 17.5 Å². The zero-order valence-electron chi connectivity index (χ0n) is 15.1. The van der Waals surface area contributed by atoms with Crippen molar-refractivity contribution in [2.45, 2.75) is 26.3 Å². The van der Waals surface area contributed by atoms with Crippen LogP contribution in [0.4, 0.5) is 5.69 Å². The fraction of sp³-hybridized carbons (Fsp3) is 0.421. The van der Waals surface area contributed by atoms with Crippen LogP contribution in [0.5, 0.6) is 5.75 Å². The van der Waals surface area contributed by atoms with Gasteiger partial charge in [0.15, 0.2) is 0 Å². The summed E-state index contributed by atoms with van der Waals surface area (Å²) in [5.74, 6) is 0.181. The van der Waals surface area contributed by atoms with Crippen molar-refractivity contribution < 1.29 is 14.3 Å². The summed E-state index contributed by atoms with van der Waals surface area (Å²) in [6.45, 7) is 3.66. The molecule has 1 aliphatic heterocycles. The van der Waals surface area contributed by atoms with Gasteiger partial charge in [0.25, 0.3) is 0 Å². The third-order valence-corrected chi connectivity index (χ3v) is 4.54. The van der Waals surface area contributed by atoms with Gasteiger partial charge < -0.3 is 15.0 Å². The second-order valence-electron chi connectivity index (χ2n) is 6.49. The van der Waals surface area contributed by atoms with Gasteiger partial charge >= 0.3 is 0 Å². The maximum atomic E-state index is 12.4. The lowest BCUT2D eigenvalue weighted by molar-refractivity contribution is -0.126. The standard InChI is InChI=1S/C19H24N4O3/c1-14-5-6-17(26-2)16(11-14)23-13-15(12-18(23)24)19(25)20-7-3-9-22-10-4-8-21-22/h4-6,8,10-11,15H,3,7,9,12-13H2,1-2H3,(H,20,25). The Bertz CT molecular complexity index is 773. The summed E-state index contributed by atoms with van der Waals surface area (Å²) in [6, 6.07) is 7.57. The first-order valence-corrected chi connectivity index (χ1v) is 8.78. The minimum absolute atomic E-state index is 0.0504. The normalized spacial score (nSPS) is 16.8. The average molecular weight is 356 g/mol. The third kappa shape index (κ3) is 4.04. The molecule has 7 heteroatoms. The first-order valence-electron chi connectivity index (χ1n) is 8.78. The molecule has 2 amide bonds. The van der Waals surface area contributed by atoms with E-state index in [1.165, 1.54) is 0 Å². The number of ether oxygens (including phenoxy) is 1. The van der Waals surface area contributed by atoms with Gasteiger partial charge in [-0.3, -0.25) is 14.3 Å². The van der Waals surface area contributed by atoms with Crippen molar-refractivity contribution in [3.8, 4) is 5.75 Å². The highest BCUT2D eigenvalue weighted by atomic mass is 16.5. The number of hydrogen-bond acceptors (Lipinski definition) is 4. The molecule has 0 bridgehead atoms. The van der Waals surface area contributed by atoms with Crippen molar-refractivity contribution in [1.82, 2.24) is 15.1 Å². The molecule has 0 saturated carbocycles. The Morgan fingerprint density at radius 1 is 1.42 bits per heavy atom. The number of aromatic nitrogens is 2. The molecule has 2 heterocycles. The van der Waals surface area contributed by atoms with Crippen molar-refractivity contribution in [3.05, 3.63) is 42.2 Å². The van der Waals surface area contributed by atoms with Gasteiger partial charge in [-0.1, -0.05) is 6.07 Å². The zero-order valence-corrected chi connectivity index (χ0v) is 15.1. The minimum atomic E-state index is -0.336. The molecule has 0 spiro atoms. The molecule has 1 aromatic heterocycles. The quantitative estimate of drug-likeness (QED) is 0.767. The molecular weight excluding hydrogens is 332 g/mol. The van der Waals surface area contributed by atoms with Crippen LogP contribution in [0, 0.1) is 12.8 Å². The van der Waals surface area contributed by atoms with E-state index in [2.05, 4.69) is 10.4 Å². The van der Waals surface area contributed by atoms with Crippen molar-refractivity contribution in [2.75, 3.05) is 25.1 Å². The molecular formula is C19H24N4O3. The number of hydrogen-bond donors (Lipinski definition) is 1. The molecule has 26 heavy (non-hydrogen) atoms. The predicted octanol–water partition coefficient (Wildman–Crippen LogP) is 1.76. The van der Waals surface area contributed by atoms with E-state index in [0.29, 0.717) is 18.8 Å². The molecule has 1 aromatic carbocycles. The van der Waals surface area contributed by atoms with Crippen molar-refractivity contribution in [2.24, 2.45) is 5.92 Å². The lowest BCUT2D eigenvalue weighted by atomic mass is 10.1. The monoisotopic (exact) mass is 356 g/mol. The molecule has 0 aliphatic carbocycles. The Balaban J connectivity index is 1.55. The summed E-state index contributed by atoms with van der Waals surface area (Å²) in [4.78, 5) is 26.5. The molecule has 1 atom stereocenters. The number of amides is 2. The molecule has 3 rings (SSSR count). The first-order chi connectivity index (χ1) is 12.6. The highest BCUT2D eigenvalue weighted by Crippen LogP contribution is 2.33. The van der Waals surface area contributed by atoms with Crippen LogP contribution >= 0.6 is 0 Å². The van der Waals surface area contributed by atoms with Gasteiger partial charge in [0.2, 0.25) is 11.8 Å². The smallest absolute Gasteiger partial charge is 0.227 e. The summed E-state index contributed by atoms with van der Waals surface area (Å²) >= 11 is 0. The predicted molar refractivity (Wildman–Crippen MR) is 98.0 cm³/mol. The second kappa shape index (κ2) is 8.03. The molecule has 1 fully saturated rings. The Hall–Kier alpha value is -2.83. The van der Waals surface area contributed by atoms with Gasteiger partial charge in [-0.25, -0.2) is 0 Å². The Morgan fingerprint density at radius 2 is 2.27 bits per heavy atom. The van der Waals surface area contributed by atoms with E-state index >= 15 is 0 Å². The maximum absolute atomic E-state index is 12.4. The van der Waals surface area contributed by atoms with E-state index < -0.39 is 0 Å². The average Bonchev–Trinajstić information content (AvgIpc) is 3.28. The largest absolute Gasteiger partial charge is 0.495 e. The topological polar surface area (TPSA) is 76.5 Å². The van der Waals surface area contributed by atoms with E-state index in [9.17, 15) is 9.59 Å². The lowest BCUT2D eigenvalue weighted by Gasteiger charge is -2.20. The minimum Gasteiger partial charge on any atom is -0.495 e. The number of benzene rings is 1. The van der Waals surface area contributed by atoms with Gasteiger partial charge in [-0.15, -0.1) is 0 Å². The molecule has 1 unspecified atom stereocenters. The van der Waals surface area contributed by atoms with Crippen LogP contribution in [-0.2, 0) is 16.1 Å². The fourth-order valence-electron chi connectivity index (χ4n) is 3.16. The van der Waals surface area contributed by atoms with E-state index in [0.717, 1.165) is 24.2 Å². The van der Waals surface area contributed by atoms with Crippen LogP contribution in [0.15, 0.2) is 36.7 Å². The van der Waals surface area contributed by atoms with Gasteiger partial charge in [0.05, 0.1) is 18.7 Å². The molecule has 1 N–H and O–H groups in total. The number of methoxy groups -OCH3 is 1. The number of nitrogens with zero attached hydrogens (tertiary/aromatic N) is 3. The second-order valence-corrected chi connectivity index (χ2v) is 6.49. The first kappa shape index (κ1) is 18.0.